The molecule has 0 spiro atoms. The third-order valence-electron chi connectivity index (χ3n) is 4.25. The van der Waals surface area contributed by atoms with E-state index in [1.54, 1.807) is 13.1 Å². The molecule has 5 nitrogen and oxygen atoms in total. The average Bonchev–Trinajstić information content (AvgIpc) is 3.31. The minimum atomic E-state index is -0.485. The number of aromatic nitrogens is 2. The number of aryl methyl sites for hydroxylation is 1. The lowest BCUT2D eigenvalue weighted by molar-refractivity contribution is -0.132. The standard InChI is InChI=1S/C18H22ClN3O2/c1-12(24-11-13-3-4-13)18(23)21-16(17-20-9-10-22(17)2)14-5-7-15(19)8-6-14/h5-10,12-13,16H,3-4,11H2,1-2H3,(H,21,23)/t12-,16+/m0/s1. The van der Waals surface area contributed by atoms with Gasteiger partial charge in [-0.2, -0.15) is 0 Å². The van der Waals surface area contributed by atoms with Crippen LogP contribution in [0.2, 0.25) is 5.02 Å². The Bertz CT molecular complexity index is 695. The summed E-state index contributed by atoms with van der Waals surface area (Å²) in [6.07, 6.45) is 5.50. The average molecular weight is 348 g/mol. The number of rotatable bonds is 7. The second-order valence-corrected chi connectivity index (χ2v) is 6.74. The predicted molar refractivity (Wildman–Crippen MR) is 92.8 cm³/mol. The van der Waals surface area contributed by atoms with Crippen molar-refractivity contribution < 1.29 is 9.53 Å². The number of imidazole rings is 1. The minimum Gasteiger partial charge on any atom is -0.368 e. The topological polar surface area (TPSA) is 56.1 Å². The number of halogens is 1. The summed E-state index contributed by atoms with van der Waals surface area (Å²) in [4.78, 5) is 16.9. The summed E-state index contributed by atoms with van der Waals surface area (Å²) in [5.74, 6) is 1.25. The molecule has 0 bridgehead atoms. The van der Waals surface area contributed by atoms with Crippen molar-refractivity contribution in [2.45, 2.75) is 31.9 Å². The second kappa shape index (κ2) is 7.36. The first-order valence-electron chi connectivity index (χ1n) is 8.19. The zero-order valence-corrected chi connectivity index (χ0v) is 14.7. The van der Waals surface area contributed by atoms with Gasteiger partial charge >= 0.3 is 0 Å². The van der Waals surface area contributed by atoms with E-state index in [0.717, 1.165) is 11.4 Å². The fraction of sp³-hybridized carbons (Fsp3) is 0.444. The number of benzene rings is 1. The molecule has 1 N–H and O–H groups in total. The minimum absolute atomic E-state index is 0.140. The molecule has 2 aromatic rings. The molecule has 0 saturated heterocycles. The zero-order valence-electron chi connectivity index (χ0n) is 13.9. The van der Waals surface area contributed by atoms with Crippen LogP contribution in [0.5, 0.6) is 0 Å². The Labute approximate surface area is 147 Å². The molecule has 24 heavy (non-hydrogen) atoms. The molecule has 3 rings (SSSR count). The van der Waals surface area contributed by atoms with E-state index in [0.29, 0.717) is 17.5 Å². The first-order chi connectivity index (χ1) is 11.5. The Morgan fingerprint density at radius 1 is 1.42 bits per heavy atom. The van der Waals surface area contributed by atoms with Crippen molar-refractivity contribution in [1.29, 1.82) is 0 Å². The molecule has 1 aliphatic rings. The molecular weight excluding hydrogens is 326 g/mol. The van der Waals surface area contributed by atoms with Crippen LogP contribution in [0.25, 0.3) is 0 Å². The highest BCUT2D eigenvalue weighted by Gasteiger charge is 2.26. The first kappa shape index (κ1) is 17.0. The second-order valence-electron chi connectivity index (χ2n) is 6.31. The maximum Gasteiger partial charge on any atom is 0.249 e. The van der Waals surface area contributed by atoms with Crippen LogP contribution in [0.3, 0.4) is 0 Å². The quantitative estimate of drug-likeness (QED) is 0.837. The van der Waals surface area contributed by atoms with Crippen LogP contribution in [0.1, 0.15) is 37.2 Å². The van der Waals surface area contributed by atoms with Gasteiger partial charge in [-0.25, -0.2) is 4.98 Å². The molecule has 0 radical (unpaired) electrons. The third kappa shape index (κ3) is 4.16. The highest BCUT2D eigenvalue weighted by atomic mass is 35.5. The van der Waals surface area contributed by atoms with Crippen LogP contribution in [0.4, 0.5) is 0 Å². The molecule has 1 aromatic carbocycles. The Balaban J connectivity index is 1.75. The summed E-state index contributed by atoms with van der Waals surface area (Å²) >= 11 is 5.98. The fourth-order valence-corrected chi connectivity index (χ4v) is 2.63. The molecule has 1 fully saturated rings. The Kier molecular flexibility index (Phi) is 5.21. The van der Waals surface area contributed by atoms with Crippen molar-refractivity contribution >= 4 is 17.5 Å². The van der Waals surface area contributed by atoms with E-state index in [4.69, 9.17) is 16.3 Å². The van der Waals surface area contributed by atoms with Gasteiger partial charge in [-0.3, -0.25) is 4.79 Å². The lowest BCUT2D eigenvalue weighted by Gasteiger charge is -2.21. The fourth-order valence-electron chi connectivity index (χ4n) is 2.51. The van der Waals surface area contributed by atoms with Gasteiger partial charge in [-0.15, -0.1) is 0 Å². The maximum absolute atomic E-state index is 12.5. The van der Waals surface area contributed by atoms with Gasteiger partial charge in [0.15, 0.2) is 0 Å². The van der Waals surface area contributed by atoms with E-state index < -0.39 is 6.10 Å². The molecule has 6 heteroatoms. The summed E-state index contributed by atoms with van der Waals surface area (Å²) < 4.78 is 7.57. The molecular formula is C18H22ClN3O2. The number of hydrogen-bond acceptors (Lipinski definition) is 3. The van der Waals surface area contributed by atoms with E-state index in [1.165, 1.54) is 12.8 Å². The zero-order chi connectivity index (χ0) is 17.1. The predicted octanol–water partition coefficient (Wildman–Crippen LogP) is 3.09. The van der Waals surface area contributed by atoms with Gasteiger partial charge in [0.05, 0.1) is 6.61 Å². The summed E-state index contributed by atoms with van der Waals surface area (Å²) in [6.45, 7) is 2.44. The molecule has 0 unspecified atom stereocenters. The molecule has 1 aromatic heterocycles. The van der Waals surface area contributed by atoms with E-state index in [2.05, 4.69) is 10.3 Å². The Morgan fingerprint density at radius 3 is 2.71 bits per heavy atom. The van der Waals surface area contributed by atoms with Gasteiger partial charge in [-0.1, -0.05) is 23.7 Å². The molecule has 1 aliphatic carbocycles. The van der Waals surface area contributed by atoms with Crippen molar-refractivity contribution in [2.75, 3.05) is 6.61 Å². The van der Waals surface area contributed by atoms with Gasteiger partial charge in [0.25, 0.3) is 0 Å². The maximum atomic E-state index is 12.5. The number of hydrogen-bond donors (Lipinski definition) is 1. The van der Waals surface area contributed by atoms with Crippen molar-refractivity contribution in [1.82, 2.24) is 14.9 Å². The summed E-state index contributed by atoms with van der Waals surface area (Å²) in [7, 11) is 1.91. The lowest BCUT2D eigenvalue weighted by Crippen LogP contribution is -2.38. The van der Waals surface area contributed by atoms with Crippen molar-refractivity contribution in [3.63, 3.8) is 0 Å². The van der Waals surface area contributed by atoms with Crippen LogP contribution in [0.15, 0.2) is 36.7 Å². The third-order valence-corrected chi connectivity index (χ3v) is 4.51. The smallest absolute Gasteiger partial charge is 0.249 e. The van der Waals surface area contributed by atoms with Crippen molar-refractivity contribution in [3.05, 3.63) is 53.1 Å². The number of nitrogens with zero attached hydrogens (tertiary/aromatic N) is 2. The van der Waals surface area contributed by atoms with E-state index >= 15 is 0 Å². The van der Waals surface area contributed by atoms with E-state index in [1.807, 2.05) is 42.1 Å². The van der Waals surface area contributed by atoms with Gasteiger partial charge in [0.1, 0.15) is 18.0 Å². The highest BCUT2D eigenvalue weighted by Crippen LogP contribution is 2.29. The van der Waals surface area contributed by atoms with Crippen LogP contribution >= 0.6 is 11.6 Å². The molecule has 1 heterocycles. The van der Waals surface area contributed by atoms with Crippen molar-refractivity contribution in [2.24, 2.45) is 13.0 Å². The first-order valence-corrected chi connectivity index (χ1v) is 8.57. The van der Waals surface area contributed by atoms with Crippen LogP contribution in [0, 0.1) is 5.92 Å². The normalized spacial score (nSPS) is 16.6. The summed E-state index contributed by atoms with van der Waals surface area (Å²) in [5.41, 5.74) is 0.927. The van der Waals surface area contributed by atoms with Crippen LogP contribution < -0.4 is 5.32 Å². The van der Waals surface area contributed by atoms with E-state index in [-0.39, 0.29) is 11.9 Å². The van der Waals surface area contributed by atoms with Crippen LogP contribution in [-0.4, -0.2) is 28.2 Å². The molecule has 1 saturated carbocycles. The van der Waals surface area contributed by atoms with Crippen LogP contribution in [-0.2, 0) is 16.6 Å². The number of carbonyl (C=O) groups is 1. The summed E-state index contributed by atoms with van der Waals surface area (Å²) in [5, 5.41) is 3.71. The molecule has 1 amide bonds. The van der Waals surface area contributed by atoms with Gasteiger partial charge in [0.2, 0.25) is 5.91 Å². The van der Waals surface area contributed by atoms with E-state index in [9.17, 15) is 4.79 Å². The Morgan fingerprint density at radius 2 is 2.12 bits per heavy atom. The monoisotopic (exact) mass is 347 g/mol. The van der Waals surface area contributed by atoms with Gasteiger partial charge in [0, 0.05) is 24.5 Å². The van der Waals surface area contributed by atoms with Gasteiger partial charge in [-0.05, 0) is 43.4 Å². The van der Waals surface area contributed by atoms with Crippen molar-refractivity contribution in [3.8, 4) is 0 Å². The largest absolute Gasteiger partial charge is 0.368 e. The SMILES string of the molecule is C[C@H](OCC1CC1)C(=O)N[C@H](c1ccc(Cl)cc1)c1nccn1C. The highest BCUT2D eigenvalue weighted by molar-refractivity contribution is 6.30. The molecule has 0 aliphatic heterocycles. The molecule has 2 atom stereocenters. The summed E-state index contributed by atoms with van der Waals surface area (Å²) in [6, 6.07) is 7.08. The number of nitrogens with one attached hydrogen (secondary N) is 1. The molecule has 128 valence electrons. The number of ether oxygens (including phenoxy) is 1. The Hall–Kier alpha value is -1.85. The lowest BCUT2D eigenvalue weighted by atomic mass is 10.1. The number of carbonyl (C=O) groups excluding carboxylic acids is 1. The number of amides is 1. The van der Waals surface area contributed by atoms with Gasteiger partial charge < -0.3 is 14.6 Å².